The predicted octanol–water partition coefficient (Wildman–Crippen LogP) is 3.93. The zero-order valence-corrected chi connectivity index (χ0v) is 14.8. The Morgan fingerprint density at radius 2 is 1.67 bits per heavy atom. The molecule has 0 atom stereocenters. The molecule has 1 heterocycles. The van der Waals surface area contributed by atoms with E-state index in [0.29, 0.717) is 6.54 Å². The first-order valence-corrected chi connectivity index (χ1v) is 8.07. The number of fused-ring (bicyclic) bond motifs is 1. The highest BCUT2D eigenvalue weighted by atomic mass is 35.5. The Kier molecular flexibility index (Phi) is 6.73. The zero-order chi connectivity index (χ0) is 16.1. The maximum atomic E-state index is 5.79. The third kappa shape index (κ3) is 4.78. The number of rotatable bonds is 6. The van der Waals surface area contributed by atoms with Gasteiger partial charge in [-0.3, -0.25) is 9.88 Å². The van der Waals surface area contributed by atoms with Gasteiger partial charge in [-0.1, -0.05) is 42.5 Å². The summed E-state index contributed by atoms with van der Waals surface area (Å²) in [4.78, 5) is 6.95. The van der Waals surface area contributed by atoms with Crippen molar-refractivity contribution in [3.8, 4) is 0 Å². The van der Waals surface area contributed by atoms with Crippen molar-refractivity contribution < 1.29 is 0 Å². The number of hydrogen-bond donors (Lipinski definition) is 1. The van der Waals surface area contributed by atoms with Crippen molar-refractivity contribution in [3.05, 3.63) is 77.5 Å². The van der Waals surface area contributed by atoms with Crippen molar-refractivity contribution in [2.45, 2.75) is 20.0 Å². The second-order valence-corrected chi connectivity index (χ2v) is 5.96. The highest BCUT2D eigenvalue weighted by Crippen LogP contribution is 2.17. The molecule has 24 heavy (non-hydrogen) atoms. The van der Waals surface area contributed by atoms with E-state index >= 15 is 0 Å². The molecule has 0 aliphatic rings. The largest absolute Gasteiger partial charge is 0.329 e. The number of nitrogens with two attached hydrogens (primary N) is 1. The van der Waals surface area contributed by atoms with E-state index in [4.69, 9.17) is 5.73 Å². The van der Waals surface area contributed by atoms with E-state index in [1.807, 2.05) is 6.92 Å². The van der Waals surface area contributed by atoms with Gasteiger partial charge in [0.2, 0.25) is 0 Å². The fraction of sp³-hybridized carbons (Fsp3) is 0.250. The van der Waals surface area contributed by atoms with Crippen molar-refractivity contribution in [3.63, 3.8) is 0 Å². The maximum absolute atomic E-state index is 5.79. The first kappa shape index (κ1) is 18.4. The lowest BCUT2D eigenvalue weighted by Crippen LogP contribution is -2.28. The average Bonchev–Trinajstić information content (AvgIpc) is 2.56. The zero-order valence-electron chi connectivity index (χ0n) is 14.0. The van der Waals surface area contributed by atoms with E-state index in [0.717, 1.165) is 30.8 Å². The van der Waals surface area contributed by atoms with Crippen LogP contribution in [-0.4, -0.2) is 23.0 Å². The quantitative estimate of drug-likeness (QED) is 0.738. The van der Waals surface area contributed by atoms with Gasteiger partial charge in [0.05, 0.1) is 5.52 Å². The van der Waals surface area contributed by atoms with Crippen LogP contribution in [0.3, 0.4) is 0 Å². The van der Waals surface area contributed by atoms with Crippen LogP contribution < -0.4 is 5.73 Å². The van der Waals surface area contributed by atoms with E-state index in [1.54, 1.807) is 0 Å². The molecular formula is C20H24ClN3. The first-order chi connectivity index (χ1) is 11.2. The molecule has 126 valence electrons. The van der Waals surface area contributed by atoms with Crippen molar-refractivity contribution in [2.75, 3.05) is 13.1 Å². The summed E-state index contributed by atoms with van der Waals surface area (Å²) in [7, 11) is 0. The predicted molar refractivity (Wildman–Crippen MR) is 103 cm³/mol. The molecule has 2 aromatic carbocycles. The van der Waals surface area contributed by atoms with Crippen LogP contribution in [0.5, 0.6) is 0 Å². The smallest absolute Gasteiger partial charge is 0.0705 e. The Balaban J connectivity index is 0.00000208. The highest BCUT2D eigenvalue weighted by Gasteiger charge is 2.07. The molecule has 0 unspecified atom stereocenters. The summed E-state index contributed by atoms with van der Waals surface area (Å²) in [5, 5.41) is 1.19. The molecule has 0 aliphatic carbocycles. The van der Waals surface area contributed by atoms with Crippen LogP contribution in [0, 0.1) is 6.92 Å². The van der Waals surface area contributed by atoms with E-state index in [9.17, 15) is 0 Å². The molecule has 0 saturated heterocycles. The van der Waals surface area contributed by atoms with E-state index in [1.165, 1.54) is 16.5 Å². The van der Waals surface area contributed by atoms with Crippen molar-refractivity contribution in [1.29, 1.82) is 0 Å². The summed E-state index contributed by atoms with van der Waals surface area (Å²) in [5.41, 5.74) is 10.5. The lowest BCUT2D eigenvalue weighted by molar-refractivity contribution is 0.264. The maximum Gasteiger partial charge on any atom is 0.0705 e. The third-order valence-electron chi connectivity index (χ3n) is 3.99. The van der Waals surface area contributed by atoms with Gasteiger partial charge < -0.3 is 5.73 Å². The van der Waals surface area contributed by atoms with Gasteiger partial charge in [0.25, 0.3) is 0 Å². The van der Waals surface area contributed by atoms with Gasteiger partial charge in [-0.2, -0.15) is 0 Å². The van der Waals surface area contributed by atoms with Crippen LogP contribution in [0.4, 0.5) is 0 Å². The second-order valence-electron chi connectivity index (χ2n) is 5.96. The van der Waals surface area contributed by atoms with Gasteiger partial charge in [-0.05, 0) is 36.2 Å². The third-order valence-corrected chi connectivity index (χ3v) is 3.99. The SMILES string of the molecule is Cc1ccc2cc(CN(CCN)Cc3ccccc3)ccc2n1.Cl. The van der Waals surface area contributed by atoms with Crippen LogP contribution >= 0.6 is 12.4 Å². The van der Waals surface area contributed by atoms with E-state index in [-0.39, 0.29) is 12.4 Å². The molecule has 0 fully saturated rings. The van der Waals surface area contributed by atoms with Crippen LogP contribution in [0.1, 0.15) is 16.8 Å². The summed E-state index contributed by atoms with van der Waals surface area (Å²) in [6.07, 6.45) is 0. The lowest BCUT2D eigenvalue weighted by atomic mass is 10.1. The Morgan fingerprint density at radius 1 is 0.917 bits per heavy atom. The molecule has 0 bridgehead atoms. The highest BCUT2D eigenvalue weighted by molar-refractivity contribution is 5.85. The number of aromatic nitrogens is 1. The Morgan fingerprint density at radius 3 is 2.42 bits per heavy atom. The first-order valence-electron chi connectivity index (χ1n) is 8.07. The van der Waals surface area contributed by atoms with Crippen molar-refractivity contribution in [1.82, 2.24) is 9.88 Å². The van der Waals surface area contributed by atoms with E-state index in [2.05, 4.69) is 70.5 Å². The molecule has 4 heteroatoms. The molecule has 0 saturated carbocycles. The van der Waals surface area contributed by atoms with Crippen LogP contribution in [0.25, 0.3) is 10.9 Å². The standard InChI is InChI=1S/C20H23N3.ClH/c1-16-7-9-19-13-18(8-10-20(19)22-16)15-23(12-11-21)14-17-5-3-2-4-6-17;/h2-10,13H,11-12,14-15,21H2,1H3;1H. The number of pyridine rings is 1. The summed E-state index contributed by atoms with van der Waals surface area (Å²) in [5.74, 6) is 0. The lowest BCUT2D eigenvalue weighted by Gasteiger charge is -2.22. The fourth-order valence-electron chi connectivity index (χ4n) is 2.87. The molecule has 3 nitrogen and oxygen atoms in total. The minimum absolute atomic E-state index is 0. The Hall–Kier alpha value is -1.94. The minimum Gasteiger partial charge on any atom is -0.329 e. The molecular weight excluding hydrogens is 318 g/mol. The average molecular weight is 342 g/mol. The summed E-state index contributed by atoms with van der Waals surface area (Å²) >= 11 is 0. The van der Waals surface area contributed by atoms with Gasteiger partial charge >= 0.3 is 0 Å². The number of halogens is 1. The minimum atomic E-state index is 0. The van der Waals surface area contributed by atoms with Crippen molar-refractivity contribution in [2.24, 2.45) is 5.73 Å². The van der Waals surface area contributed by atoms with E-state index < -0.39 is 0 Å². The normalized spacial score (nSPS) is 10.8. The molecule has 0 radical (unpaired) electrons. The summed E-state index contributed by atoms with van der Waals surface area (Å²) < 4.78 is 0. The monoisotopic (exact) mass is 341 g/mol. The van der Waals surface area contributed by atoms with Gasteiger partial charge in [0.1, 0.15) is 0 Å². The number of hydrogen-bond acceptors (Lipinski definition) is 3. The van der Waals surface area contributed by atoms with Crippen LogP contribution in [-0.2, 0) is 13.1 Å². The molecule has 0 amide bonds. The molecule has 0 aliphatic heterocycles. The van der Waals surface area contributed by atoms with Gasteiger partial charge in [-0.15, -0.1) is 12.4 Å². The fourth-order valence-corrected chi connectivity index (χ4v) is 2.87. The number of nitrogens with zero attached hydrogens (tertiary/aromatic N) is 2. The van der Waals surface area contributed by atoms with Gasteiger partial charge in [-0.25, -0.2) is 0 Å². The van der Waals surface area contributed by atoms with Crippen LogP contribution in [0.2, 0.25) is 0 Å². The van der Waals surface area contributed by atoms with Crippen LogP contribution in [0.15, 0.2) is 60.7 Å². The molecule has 0 spiro atoms. The van der Waals surface area contributed by atoms with Gasteiger partial charge in [0.15, 0.2) is 0 Å². The Labute approximate surface area is 149 Å². The molecule has 1 aromatic heterocycles. The molecule has 3 rings (SSSR count). The molecule has 2 N–H and O–H groups in total. The number of benzene rings is 2. The Bertz CT molecular complexity index is 774. The summed E-state index contributed by atoms with van der Waals surface area (Å²) in [6, 6.07) is 21.3. The topological polar surface area (TPSA) is 42.1 Å². The second kappa shape index (κ2) is 8.78. The number of aryl methyl sites for hydroxylation is 1. The summed E-state index contributed by atoms with van der Waals surface area (Å²) in [6.45, 7) is 5.40. The van der Waals surface area contributed by atoms with Crippen molar-refractivity contribution >= 4 is 23.3 Å². The molecule has 3 aromatic rings. The van der Waals surface area contributed by atoms with Gasteiger partial charge in [0, 0.05) is 37.3 Å².